The van der Waals surface area contributed by atoms with Gasteiger partial charge in [0.15, 0.2) is 0 Å². The van der Waals surface area contributed by atoms with E-state index >= 15 is 0 Å². The average molecular weight is 324 g/mol. The highest BCUT2D eigenvalue weighted by Crippen LogP contribution is 2.24. The Kier molecular flexibility index (Phi) is 5.15. The van der Waals surface area contributed by atoms with Crippen molar-refractivity contribution in [1.29, 1.82) is 0 Å². The van der Waals surface area contributed by atoms with Crippen molar-refractivity contribution >= 4 is 34.1 Å². The smallest absolute Gasteiger partial charge is 0.251 e. The normalized spacial score (nSPS) is 17.9. The summed E-state index contributed by atoms with van der Waals surface area (Å²) in [5, 5.41) is 4.92. The number of thiophene rings is 1. The van der Waals surface area contributed by atoms with Gasteiger partial charge in [-0.2, -0.15) is 0 Å². The van der Waals surface area contributed by atoms with Crippen LogP contribution >= 0.6 is 11.3 Å². The van der Waals surface area contributed by atoms with Crippen molar-refractivity contribution in [2.45, 2.75) is 25.8 Å². The lowest BCUT2D eigenvalue weighted by atomic mass is 9.95. The van der Waals surface area contributed by atoms with Gasteiger partial charge in [0.25, 0.3) is 5.91 Å². The second kappa shape index (κ2) is 6.89. The Hall–Kier alpha value is -1.93. The highest BCUT2D eigenvalue weighted by molar-refractivity contribution is 7.14. The minimum atomic E-state index is -0.563. The molecule has 7 nitrogen and oxygen atoms in total. The molecule has 1 saturated heterocycles. The zero-order valence-corrected chi connectivity index (χ0v) is 13.2. The van der Waals surface area contributed by atoms with Crippen molar-refractivity contribution in [2.24, 2.45) is 17.4 Å². The molecule has 2 heterocycles. The van der Waals surface area contributed by atoms with Gasteiger partial charge in [0.2, 0.25) is 11.8 Å². The first-order valence-electron chi connectivity index (χ1n) is 7.11. The van der Waals surface area contributed by atoms with E-state index in [0.717, 1.165) is 0 Å². The number of rotatable bonds is 5. The molecule has 0 bridgehead atoms. The Balaban J connectivity index is 1.94. The molecule has 5 N–H and O–H groups in total. The number of nitrogens with zero attached hydrogens (tertiary/aromatic N) is 1. The number of carbonyl (C=O) groups excluding carboxylic acids is 3. The molecule has 1 aromatic heterocycles. The van der Waals surface area contributed by atoms with Crippen LogP contribution in [0.15, 0.2) is 11.4 Å². The van der Waals surface area contributed by atoms with E-state index < -0.39 is 5.91 Å². The molecule has 0 aliphatic carbocycles. The molecule has 0 spiro atoms. The predicted molar refractivity (Wildman–Crippen MR) is 84.4 cm³/mol. The number of anilines is 1. The quantitative estimate of drug-likeness (QED) is 0.725. The lowest BCUT2D eigenvalue weighted by Crippen LogP contribution is -2.47. The van der Waals surface area contributed by atoms with Crippen LogP contribution in [-0.4, -0.2) is 41.8 Å². The Labute approximate surface area is 132 Å². The Morgan fingerprint density at radius 1 is 1.32 bits per heavy atom. The summed E-state index contributed by atoms with van der Waals surface area (Å²) >= 11 is 1.26. The fourth-order valence-electron chi connectivity index (χ4n) is 2.55. The number of likely N-dealkylation sites (tertiary alicyclic amines) is 1. The number of amides is 3. The van der Waals surface area contributed by atoms with E-state index in [2.05, 4.69) is 5.32 Å². The summed E-state index contributed by atoms with van der Waals surface area (Å²) in [6.07, 6.45) is 1.33. The minimum absolute atomic E-state index is 0.106. The maximum atomic E-state index is 12.3. The van der Waals surface area contributed by atoms with Crippen molar-refractivity contribution in [3.8, 4) is 0 Å². The van der Waals surface area contributed by atoms with Crippen LogP contribution in [0.25, 0.3) is 0 Å². The highest BCUT2D eigenvalue weighted by Gasteiger charge is 2.29. The van der Waals surface area contributed by atoms with E-state index in [1.807, 2.05) is 4.90 Å². The third-order valence-electron chi connectivity index (χ3n) is 4.03. The summed E-state index contributed by atoms with van der Waals surface area (Å²) < 4.78 is 0. The van der Waals surface area contributed by atoms with E-state index in [9.17, 15) is 14.4 Å². The van der Waals surface area contributed by atoms with Gasteiger partial charge in [-0.1, -0.05) is 0 Å². The lowest BCUT2D eigenvalue weighted by molar-refractivity contribution is -0.124. The topological polar surface area (TPSA) is 119 Å². The van der Waals surface area contributed by atoms with Gasteiger partial charge in [0.05, 0.1) is 11.6 Å². The third kappa shape index (κ3) is 3.63. The van der Waals surface area contributed by atoms with Crippen LogP contribution in [0, 0.1) is 5.92 Å². The molecule has 2 rings (SSSR count). The molecule has 1 aliphatic rings. The molecule has 1 atom stereocenters. The third-order valence-corrected chi connectivity index (χ3v) is 4.86. The number of hydrogen-bond donors (Lipinski definition) is 3. The summed E-state index contributed by atoms with van der Waals surface area (Å²) in [6.45, 7) is 3.10. The standard InChI is InChI=1S/C14H20N4O3S/c1-8(18-5-2-9(3-6-18)11(15)19)13(21)17-14-10(12(16)20)4-7-22-14/h4,7-9H,2-3,5-6H2,1H3,(H2,15,19)(H2,16,20)(H,17,21)/t8-/m0/s1. The van der Waals surface area contributed by atoms with Crippen LogP contribution < -0.4 is 16.8 Å². The van der Waals surface area contributed by atoms with Crippen LogP contribution in [-0.2, 0) is 9.59 Å². The maximum Gasteiger partial charge on any atom is 0.251 e. The van der Waals surface area contributed by atoms with Gasteiger partial charge in [-0.15, -0.1) is 11.3 Å². The van der Waals surface area contributed by atoms with Crippen LogP contribution in [0.1, 0.15) is 30.1 Å². The van der Waals surface area contributed by atoms with Crippen molar-refractivity contribution in [3.63, 3.8) is 0 Å². The second-order valence-corrected chi connectivity index (χ2v) is 6.32. The molecule has 0 radical (unpaired) electrons. The summed E-state index contributed by atoms with van der Waals surface area (Å²) in [4.78, 5) is 36.7. The molecule has 3 amide bonds. The molecule has 0 unspecified atom stereocenters. The molecule has 1 fully saturated rings. The van der Waals surface area contributed by atoms with Gasteiger partial charge < -0.3 is 16.8 Å². The molecule has 22 heavy (non-hydrogen) atoms. The van der Waals surface area contributed by atoms with Crippen LogP contribution in [0.2, 0.25) is 0 Å². The first-order chi connectivity index (χ1) is 10.4. The Morgan fingerprint density at radius 3 is 2.50 bits per heavy atom. The van der Waals surface area contributed by atoms with Crippen LogP contribution in [0.4, 0.5) is 5.00 Å². The summed E-state index contributed by atoms with van der Waals surface area (Å²) in [5.41, 5.74) is 10.9. The monoisotopic (exact) mass is 324 g/mol. The van der Waals surface area contributed by atoms with Gasteiger partial charge >= 0.3 is 0 Å². The van der Waals surface area contributed by atoms with E-state index in [1.165, 1.54) is 11.3 Å². The molecule has 0 aromatic carbocycles. The number of nitrogens with one attached hydrogen (secondary N) is 1. The van der Waals surface area contributed by atoms with Crippen LogP contribution in [0.5, 0.6) is 0 Å². The highest BCUT2D eigenvalue weighted by atomic mass is 32.1. The number of nitrogens with two attached hydrogens (primary N) is 2. The van der Waals surface area contributed by atoms with E-state index in [4.69, 9.17) is 11.5 Å². The zero-order chi connectivity index (χ0) is 16.3. The van der Waals surface area contributed by atoms with Gasteiger partial charge in [0, 0.05) is 5.92 Å². The Bertz CT molecular complexity index is 578. The van der Waals surface area contributed by atoms with Gasteiger partial charge in [-0.3, -0.25) is 19.3 Å². The zero-order valence-electron chi connectivity index (χ0n) is 12.4. The molecular formula is C14H20N4O3S. The fraction of sp³-hybridized carbons (Fsp3) is 0.500. The molecular weight excluding hydrogens is 304 g/mol. The first kappa shape index (κ1) is 16.4. The molecule has 0 saturated carbocycles. The second-order valence-electron chi connectivity index (χ2n) is 5.41. The number of primary amides is 2. The van der Waals surface area contributed by atoms with Crippen molar-refractivity contribution < 1.29 is 14.4 Å². The molecule has 8 heteroatoms. The van der Waals surface area contributed by atoms with E-state index in [1.54, 1.807) is 18.4 Å². The average Bonchev–Trinajstić information content (AvgIpc) is 2.94. The first-order valence-corrected chi connectivity index (χ1v) is 7.99. The van der Waals surface area contributed by atoms with Gasteiger partial charge in [0.1, 0.15) is 5.00 Å². The fourth-order valence-corrected chi connectivity index (χ4v) is 3.35. The van der Waals surface area contributed by atoms with Crippen molar-refractivity contribution in [1.82, 2.24) is 4.90 Å². The lowest BCUT2D eigenvalue weighted by Gasteiger charge is -2.34. The molecule has 1 aliphatic heterocycles. The SMILES string of the molecule is C[C@@H](C(=O)Nc1sccc1C(N)=O)N1CCC(C(N)=O)CC1. The molecule has 1 aromatic rings. The van der Waals surface area contributed by atoms with Crippen molar-refractivity contribution in [2.75, 3.05) is 18.4 Å². The summed E-state index contributed by atoms with van der Waals surface area (Å²) in [5.74, 6) is -1.14. The van der Waals surface area contributed by atoms with E-state index in [0.29, 0.717) is 36.5 Å². The van der Waals surface area contributed by atoms with Crippen LogP contribution in [0.3, 0.4) is 0 Å². The maximum absolute atomic E-state index is 12.3. The number of hydrogen-bond acceptors (Lipinski definition) is 5. The largest absolute Gasteiger partial charge is 0.369 e. The summed E-state index contributed by atoms with van der Waals surface area (Å²) in [7, 11) is 0. The minimum Gasteiger partial charge on any atom is -0.369 e. The predicted octanol–water partition coefficient (Wildman–Crippen LogP) is 0.371. The summed E-state index contributed by atoms with van der Waals surface area (Å²) in [6, 6.07) is 1.24. The Morgan fingerprint density at radius 2 is 1.95 bits per heavy atom. The molecule has 120 valence electrons. The number of piperidine rings is 1. The van der Waals surface area contributed by atoms with Gasteiger partial charge in [-0.05, 0) is 44.3 Å². The van der Waals surface area contributed by atoms with E-state index in [-0.39, 0.29) is 23.8 Å². The number of carbonyl (C=O) groups is 3. The van der Waals surface area contributed by atoms with Crippen molar-refractivity contribution in [3.05, 3.63) is 17.0 Å². The van der Waals surface area contributed by atoms with Gasteiger partial charge in [-0.25, -0.2) is 0 Å².